The Bertz CT molecular complexity index is 587. The third-order valence-corrected chi connectivity index (χ3v) is 2.68. The predicted octanol–water partition coefficient (Wildman–Crippen LogP) is 1.56. The molecule has 20 heavy (non-hydrogen) atoms. The lowest BCUT2D eigenvalue weighted by Gasteiger charge is -2.10. The van der Waals surface area contributed by atoms with Crippen molar-refractivity contribution >= 4 is 27.3 Å². The van der Waals surface area contributed by atoms with E-state index < -0.39 is 21.7 Å². The van der Waals surface area contributed by atoms with Crippen LogP contribution in [0.25, 0.3) is 0 Å². The van der Waals surface area contributed by atoms with Crippen LogP contribution in [0.15, 0.2) is 18.2 Å². The Morgan fingerprint density at radius 1 is 1.40 bits per heavy atom. The predicted molar refractivity (Wildman–Crippen MR) is 74.6 cm³/mol. The number of sulfonamides is 1. The van der Waals surface area contributed by atoms with Gasteiger partial charge in [0.15, 0.2) is 0 Å². The Kier molecular flexibility index (Phi) is 5.46. The van der Waals surface area contributed by atoms with E-state index in [2.05, 4.69) is 5.32 Å². The molecule has 6 nitrogen and oxygen atoms in total. The molecule has 2 N–H and O–H groups in total. The van der Waals surface area contributed by atoms with E-state index in [-0.39, 0.29) is 24.1 Å². The Labute approximate surface area is 117 Å². The maximum atomic E-state index is 13.4. The molecular formula is C12H17FN2O4S. The highest BCUT2D eigenvalue weighted by atomic mass is 32.2. The number of halogens is 1. The van der Waals surface area contributed by atoms with Crippen LogP contribution in [0.2, 0.25) is 0 Å². The number of anilines is 2. The second-order valence-electron chi connectivity index (χ2n) is 4.48. The Balaban J connectivity index is 2.77. The number of amides is 1. The molecule has 0 heterocycles. The second kappa shape index (κ2) is 6.67. The first kappa shape index (κ1) is 16.4. The molecule has 112 valence electrons. The molecule has 0 radical (unpaired) electrons. The Hall–Kier alpha value is -1.67. The van der Waals surface area contributed by atoms with Crippen LogP contribution in [-0.4, -0.2) is 33.3 Å². The highest BCUT2D eigenvalue weighted by Crippen LogP contribution is 2.20. The zero-order valence-corrected chi connectivity index (χ0v) is 12.3. The molecule has 0 aliphatic heterocycles. The number of hydrogen-bond acceptors (Lipinski definition) is 4. The van der Waals surface area contributed by atoms with Crippen molar-refractivity contribution in [1.29, 1.82) is 0 Å². The molecule has 0 aliphatic carbocycles. The molecule has 0 saturated carbocycles. The van der Waals surface area contributed by atoms with Gasteiger partial charge in [-0.1, -0.05) is 0 Å². The lowest BCUT2D eigenvalue weighted by atomic mass is 10.2. The van der Waals surface area contributed by atoms with Crippen molar-refractivity contribution in [3.63, 3.8) is 0 Å². The number of ether oxygens (including phenoxy) is 1. The van der Waals surface area contributed by atoms with E-state index in [9.17, 15) is 17.6 Å². The minimum absolute atomic E-state index is 0.0866. The standard InChI is InChI=1S/C12H17FN2O4S/c1-8(2)19-7-12(16)14-9-4-5-10(13)11(6-9)15-20(3,17)18/h4-6,8,15H,7H2,1-3H3,(H,14,16). The van der Waals surface area contributed by atoms with Crippen LogP contribution >= 0.6 is 0 Å². The summed E-state index contributed by atoms with van der Waals surface area (Å²) in [4.78, 5) is 11.5. The van der Waals surface area contributed by atoms with Gasteiger partial charge in [0.2, 0.25) is 15.9 Å². The highest BCUT2D eigenvalue weighted by Gasteiger charge is 2.10. The van der Waals surface area contributed by atoms with Crippen molar-refractivity contribution in [3.8, 4) is 0 Å². The fraction of sp³-hybridized carbons (Fsp3) is 0.417. The lowest BCUT2D eigenvalue weighted by molar-refractivity contribution is -0.121. The van der Waals surface area contributed by atoms with Crippen LogP contribution in [0.1, 0.15) is 13.8 Å². The number of nitrogens with one attached hydrogen (secondary N) is 2. The van der Waals surface area contributed by atoms with Crippen molar-refractivity contribution in [1.82, 2.24) is 0 Å². The summed E-state index contributed by atoms with van der Waals surface area (Å²) in [5, 5.41) is 2.49. The summed E-state index contributed by atoms with van der Waals surface area (Å²) < 4.78 is 42.7. The number of benzene rings is 1. The fourth-order valence-electron chi connectivity index (χ4n) is 1.32. The van der Waals surface area contributed by atoms with Gasteiger partial charge in [-0.3, -0.25) is 9.52 Å². The summed E-state index contributed by atoms with van der Waals surface area (Å²) >= 11 is 0. The summed E-state index contributed by atoms with van der Waals surface area (Å²) in [5.74, 6) is -1.14. The number of rotatable bonds is 6. The fourth-order valence-corrected chi connectivity index (χ4v) is 1.88. The van der Waals surface area contributed by atoms with Gasteiger partial charge >= 0.3 is 0 Å². The van der Waals surface area contributed by atoms with Gasteiger partial charge in [0.25, 0.3) is 0 Å². The van der Waals surface area contributed by atoms with Crippen LogP contribution in [0.4, 0.5) is 15.8 Å². The van der Waals surface area contributed by atoms with Gasteiger partial charge in [-0.2, -0.15) is 0 Å². The van der Waals surface area contributed by atoms with Crippen LogP contribution in [0, 0.1) is 5.82 Å². The molecule has 0 spiro atoms. The number of hydrogen-bond donors (Lipinski definition) is 2. The van der Waals surface area contributed by atoms with Crippen LogP contribution < -0.4 is 10.0 Å². The van der Waals surface area contributed by atoms with Gasteiger partial charge in [0.1, 0.15) is 12.4 Å². The Morgan fingerprint density at radius 2 is 2.05 bits per heavy atom. The second-order valence-corrected chi connectivity index (χ2v) is 6.23. The first-order valence-electron chi connectivity index (χ1n) is 5.86. The monoisotopic (exact) mass is 304 g/mol. The van der Waals surface area contributed by atoms with E-state index in [1.165, 1.54) is 12.1 Å². The van der Waals surface area contributed by atoms with E-state index in [0.717, 1.165) is 12.3 Å². The molecular weight excluding hydrogens is 287 g/mol. The first-order chi connectivity index (χ1) is 9.17. The minimum atomic E-state index is -3.59. The third-order valence-electron chi connectivity index (χ3n) is 2.09. The molecule has 1 aromatic carbocycles. The Morgan fingerprint density at radius 3 is 2.60 bits per heavy atom. The SMILES string of the molecule is CC(C)OCC(=O)Nc1ccc(F)c(NS(C)(=O)=O)c1. The van der Waals surface area contributed by atoms with Crippen molar-refractivity contribution < 1.29 is 22.3 Å². The van der Waals surface area contributed by atoms with Crippen molar-refractivity contribution in [2.75, 3.05) is 22.9 Å². The molecule has 0 atom stereocenters. The number of carbonyl (C=O) groups is 1. The molecule has 8 heteroatoms. The zero-order chi connectivity index (χ0) is 15.3. The molecule has 1 rings (SSSR count). The van der Waals surface area contributed by atoms with Crippen molar-refractivity contribution in [2.45, 2.75) is 20.0 Å². The minimum Gasteiger partial charge on any atom is -0.369 e. The quantitative estimate of drug-likeness (QED) is 0.835. The summed E-state index contributed by atoms with van der Waals surface area (Å²) in [7, 11) is -3.59. The molecule has 0 aromatic heterocycles. The van der Waals surface area contributed by atoms with Gasteiger partial charge in [-0.15, -0.1) is 0 Å². The van der Waals surface area contributed by atoms with Gasteiger partial charge in [-0.05, 0) is 32.0 Å². The average molecular weight is 304 g/mol. The largest absolute Gasteiger partial charge is 0.369 e. The summed E-state index contributed by atoms with van der Waals surface area (Å²) in [6.45, 7) is 3.45. The maximum absolute atomic E-state index is 13.4. The lowest BCUT2D eigenvalue weighted by Crippen LogP contribution is -2.21. The highest BCUT2D eigenvalue weighted by molar-refractivity contribution is 7.92. The topological polar surface area (TPSA) is 84.5 Å². The smallest absolute Gasteiger partial charge is 0.250 e. The van der Waals surface area contributed by atoms with E-state index in [4.69, 9.17) is 4.74 Å². The normalized spacial score (nSPS) is 11.4. The average Bonchev–Trinajstić information content (AvgIpc) is 2.29. The molecule has 0 bridgehead atoms. The van der Waals surface area contributed by atoms with Gasteiger partial charge in [-0.25, -0.2) is 12.8 Å². The summed E-state index contributed by atoms with van der Waals surface area (Å²) in [6.07, 6.45) is 0.824. The van der Waals surface area contributed by atoms with Crippen LogP contribution in [-0.2, 0) is 19.6 Å². The molecule has 0 fully saturated rings. The summed E-state index contributed by atoms with van der Waals surface area (Å²) in [5.41, 5.74) is 0.0463. The van der Waals surface area contributed by atoms with E-state index in [1.807, 2.05) is 4.72 Å². The van der Waals surface area contributed by atoms with E-state index >= 15 is 0 Å². The van der Waals surface area contributed by atoms with E-state index in [1.54, 1.807) is 13.8 Å². The molecule has 1 amide bonds. The van der Waals surface area contributed by atoms with Crippen LogP contribution in [0.5, 0.6) is 0 Å². The van der Waals surface area contributed by atoms with Crippen molar-refractivity contribution in [2.24, 2.45) is 0 Å². The van der Waals surface area contributed by atoms with Gasteiger partial charge < -0.3 is 10.1 Å². The third kappa shape index (κ3) is 5.98. The molecule has 0 aliphatic rings. The summed E-state index contributed by atoms with van der Waals surface area (Å²) in [6, 6.07) is 3.59. The zero-order valence-electron chi connectivity index (χ0n) is 11.4. The van der Waals surface area contributed by atoms with Crippen LogP contribution in [0.3, 0.4) is 0 Å². The molecule has 1 aromatic rings. The van der Waals surface area contributed by atoms with Gasteiger partial charge in [0, 0.05) is 5.69 Å². The van der Waals surface area contributed by atoms with Crippen molar-refractivity contribution in [3.05, 3.63) is 24.0 Å². The molecule has 0 unspecified atom stereocenters. The maximum Gasteiger partial charge on any atom is 0.250 e. The first-order valence-corrected chi connectivity index (χ1v) is 7.75. The van der Waals surface area contributed by atoms with Gasteiger partial charge in [0.05, 0.1) is 18.0 Å². The number of carbonyl (C=O) groups excluding carboxylic acids is 1. The molecule has 0 saturated heterocycles. The van der Waals surface area contributed by atoms with E-state index in [0.29, 0.717) is 0 Å².